The average Bonchev–Trinajstić information content (AvgIpc) is 2.61. The first-order chi connectivity index (χ1) is 11.6. The second-order valence-corrected chi connectivity index (χ2v) is 5.75. The number of benzene rings is 2. The molecule has 2 aromatic carbocycles. The van der Waals surface area contributed by atoms with Gasteiger partial charge in [-0.25, -0.2) is 0 Å². The van der Waals surface area contributed by atoms with Crippen LogP contribution >= 0.6 is 0 Å². The van der Waals surface area contributed by atoms with Crippen molar-refractivity contribution in [2.75, 3.05) is 27.8 Å². The molecular weight excluding hydrogens is 304 g/mol. The second kappa shape index (κ2) is 8.93. The Balaban J connectivity index is 1.86. The minimum Gasteiger partial charge on any atom is -0.497 e. The van der Waals surface area contributed by atoms with E-state index in [0.29, 0.717) is 19.6 Å². The van der Waals surface area contributed by atoms with Gasteiger partial charge in [-0.3, -0.25) is 4.79 Å². The summed E-state index contributed by atoms with van der Waals surface area (Å²) in [7, 11) is 5.26. The molecule has 5 heteroatoms. The van der Waals surface area contributed by atoms with Crippen LogP contribution in [0.2, 0.25) is 0 Å². The van der Waals surface area contributed by atoms with Crippen LogP contribution in [0.5, 0.6) is 11.5 Å². The normalized spacial score (nSPS) is 11.6. The summed E-state index contributed by atoms with van der Waals surface area (Å²) >= 11 is 0. The van der Waals surface area contributed by atoms with Gasteiger partial charge in [-0.2, -0.15) is 0 Å². The van der Waals surface area contributed by atoms with Crippen LogP contribution in [0.15, 0.2) is 48.5 Å². The molecule has 2 aromatic rings. The van der Waals surface area contributed by atoms with Crippen molar-refractivity contribution < 1.29 is 19.2 Å². The first-order valence-electron chi connectivity index (χ1n) is 7.95. The van der Waals surface area contributed by atoms with Crippen LogP contribution in [0.1, 0.15) is 11.1 Å². The fraction of sp³-hybridized carbons (Fsp3) is 0.316. The van der Waals surface area contributed by atoms with Crippen LogP contribution in [-0.4, -0.2) is 33.7 Å². The Morgan fingerprint density at radius 1 is 1.08 bits per heavy atom. The molecule has 0 spiro atoms. The number of hydrogen-bond donors (Lipinski definition) is 2. The molecule has 0 aromatic heterocycles. The third kappa shape index (κ3) is 5.28. The summed E-state index contributed by atoms with van der Waals surface area (Å²) in [6.45, 7) is 1.66. The van der Waals surface area contributed by atoms with Crippen molar-refractivity contribution in [2.24, 2.45) is 0 Å². The first kappa shape index (κ1) is 17.8. The zero-order valence-electron chi connectivity index (χ0n) is 14.5. The number of carbonyl (C=O) groups is 1. The molecule has 0 saturated heterocycles. The van der Waals surface area contributed by atoms with Crippen LogP contribution in [0, 0.1) is 0 Å². The van der Waals surface area contributed by atoms with Crippen molar-refractivity contribution in [3.05, 3.63) is 59.7 Å². The Morgan fingerprint density at radius 2 is 1.83 bits per heavy atom. The van der Waals surface area contributed by atoms with Gasteiger partial charge < -0.3 is 19.7 Å². The van der Waals surface area contributed by atoms with E-state index in [2.05, 4.69) is 5.32 Å². The molecule has 0 heterocycles. The highest BCUT2D eigenvalue weighted by Crippen LogP contribution is 2.23. The van der Waals surface area contributed by atoms with Gasteiger partial charge >= 0.3 is 0 Å². The van der Waals surface area contributed by atoms with Gasteiger partial charge in [0.1, 0.15) is 18.0 Å². The fourth-order valence-corrected chi connectivity index (χ4v) is 2.52. The lowest BCUT2D eigenvalue weighted by Crippen LogP contribution is -3.08. The number of likely N-dealkylation sites (N-methyl/N-ethyl adjacent to an activating group) is 1. The number of carbonyl (C=O) groups excluding carboxylic acids is 1. The van der Waals surface area contributed by atoms with Gasteiger partial charge in [-0.15, -0.1) is 0 Å². The molecule has 0 fully saturated rings. The van der Waals surface area contributed by atoms with E-state index in [1.165, 1.54) is 0 Å². The fourth-order valence-electron chi connectivity index (χ4n) is 2.52. The maximum Gasteiger partial charge on any atom is 0.275 e. The van der Waals surface area contributed by atoms with Crippen LogP contribution in [0.4, 0.5) is 0 Å². The highest BCUT2D eigenvalue weighted by atomic mass is 16.5. The number of amides is 1. The van der Waals surface area contributed by atoms with Crippen molar-refractivity contribution >= 4 is 5.91 Å². The second-order valence-electron chi connectivity index (χ2n) is 5.75. The summed E-state index contributed by atoms with van der Waals surface area (Å²) in [4.78, 5) is 13.2. The molecule has 5 nitrogen and oxygen atoms in total. The Hall–Kier alpha value is -2.53. The van der Waals surface area contributed by atoms with E-state index in [1.54, 1.807) is 14.2 Å². The van der Waals surface area contributed by atoms with Crippen molar-refractivity contribution in [2.45, 2.75) is 13.1 Å². The third-order valence-electron chi connectivity index (χ3n) is 3.78. The Kier molecular flexibility index (Phi) is 6.63. The number of rotatable bonds is 8. The summed E-state index contributed by atoms with van der Waals surface area (Å²) in [6, 6.07) is 15.6. The first-order valence-corrected chi connectivity index (χ1v) is 7.95. The number of hydrogen-bond acceptors (Lipinski definition) is 3. The zero-order chi connectivity index (χ0) is 17.4. The van der Waals surface area contributed by atoms with E-state index < -0.39 is 0 Å². The average molecular weight is 329 g/mol. The lowest BCUT2D eigenvalue weighted by Gasteiger charge is -2.16. The van der Waals surface area contributed by atoms with E-state index in [-0.39, 0.29) is 5.91 Å². The molecule has 0 radical (unpaired) electrons. The molecule has 1 unspecified atom stereocenters. The van der Waals surface area contributed by atoms with Crippen molar-refractivity contribution in [1.29, 1.82) is 0 Å². The molecule has 1 amide bonds. The van der Waals surface area contributed by atoms with Crippen LogP contribution in [0.25, 0.3) is 0 Å². The highest BCUT2D eigenvalue weighted by Gasteiger charge is 2.14. The van der Waals surface area contributed by atoms with E-state index in [0.717, 1.165) is 27.5 Å². The van der Waals surface area contributed by atoms with E-state index in [1.807, 2.05) is 55.6 Å². The molecule has 0 aliphatic rings. The van der Waals surface area contributed by atoms with E-state index in [4.69, 9.17) is 9.47 Å². The van der Waals surface area contributed by atoms with Crippen molar-refractivity contribution in [3.8, 4) is 11.5 Å². The van der Waals surface area contributed by atoms with Gasteiger partial charge in [-0.1, -0.05) is 30.3 Å². The van der Waals surface area contributed by atoms with Gasteiger partial charge in [0.25, 0.3) is 5.91 Å². The molecule has 2 N–H and O–H groups in total. The zero-order valence-corrected chi connectivity index (χ0v) is 14.5. The molecule has 0 aliphatic carbocycles. The lowest BCUT2D eigenvalue weighted by atomic mass is 10.1. The summed E-state index contributed by atoms with van der Waals surface area (Å²) in [5.74, 6) is 1.57. The predicted molar refractivity (Wildman–Crippen MR) is 93.3 cm³/mol. The van der Waals surface area contributed by atoms with E-state index in [9.17, 15) is 4.79 Å². The topological polar surface area (TPSA) is 52.0 Å². The van der Waals surface area contributed by atoms with Gasteiger partial charge in [-0.05, 0) is 17.7 Å². The van der Waals surface area contributed by atoms with Crippen molar-refractivity contribution in [1.82, 2.24) is 5.32 Å². The molecule has 0 saturated carbocycles. The number of methoxy groups -OCH3 is 2. The Bertz CT molecular complexity index is 659. The molecule has 1 atom stereocenters. The monoisotopic (exact) mass is 329 g/mol. The van der Waals surface area contributed by atoms with Crippen LogP contribution in [0.3, 0.4) is 0 Å². The molecule has 128 valence electrons. The van der Waals surface area contributed by atoms with Crippen molar-refractivity contribution in [3.63, 3.8) is 0 Å². The SMILES string of the molecule is COc1ccc(C[NH+](C)CC(=O)NCc2ccccc2)c(OC)c1. The smallest absolute Gasteiger partial charge is 0.275 e. The standard InChI is InChI=1S/C19H24N2O3/c1-21(13-16-9-10-17(23-2)11-18(16)24-3)14-19(22)20-12-15-7-5-4-6-8-15/h4-11H,12-14H2,1-3H3,(H,20,22)/p+1. The summed E-state index contributed by atoms with van der Waals surface area (Å²) < 4.78 is 10.6. The number of ether oxygens (including phenoxy) is 2. The maximum atomic E-state index is 12.1. The Morgan fingerprint density at radius 3 is 2.50 bits per heavy atom. The quantitative estimate of drug-likeness (QED) is 0.761. The highest BCUT2D eigenvalue weighted by molar-refractivity contribution is 5.76. The van der Waals surface area contributed by atoms with Crippen LogP contribution < -0.4 is 19.7 Å². The Labute approximate surface area is 143 Å². The van der Waals surface area contributed by atoms with Gasteiger partial charge in [0.05, 0.1) is 21.3 Å². The largest absolute Gasteiger partial charge is 0.497 e. The summed E-state index contributed by atoms with van der Waals surface area (Å²) in [5.41, 5.74) is 2.15. The summed E-state index contributed by atoms with van der Waals surface area (Å²) in [5, 5.41) is 2.95. The predicted octanol–water partition coefficient (Wildman–Crippen LogP) is 1.03. The molecule has 0 bridgehead atoms. The number of nitrogens with one attached hydrogen (secondary N) is 2. The molecule has 24 heavy (non-hydrogen) atoms. The minimum absolute atomic E-state index is 0.0313. The van der Waals surface area contributed by atoms with Gasteiger partial charge in [0.2, 0.25) is 0 Å². The molecular formula is C19H25N2O3+. The third-order valence-corrected chi connectivity index (χ3v) is 3.78. The maximum absolute atomic E-state index is 12.1. The summed E-state index contributed by atoms with van der Waals surface area (Å²) in [6.07, 6.45) is 0. The molecule has 2 rings (SSSR count). The van der Waals surface area contributed by atoms with Gasteiger partial charge in [0, 0.05) is 18.2 Å². The van der Waals surface area contributed by atoms with Gasteiger partial charge in [0.15, 0.2) is 6.54 Å². The van der Waals surface area contributed by atoms with E-state index >= 15 is 0 Å². The van der Waals surface area contributed by atoms with Crippen LogP contribution in [-0.2, 0) is 17.9 Å². The number of quaternary nitrogens is 1. The molecule has 0 aliphatic heterocycles. The lowest BCUT2D eigenvalue weighted by molar-refractivity contribution is -0.885. The minimum atomic E-state index is 0.0313.